The van der Waals surface area contributed by atoms with E-state index in [1.54, 1.807) is 17.0 Å². The third-order valence-electron chi connectivity index (χ3n) is 6.57. The normalized spacial score (nSPS) is 18.4. The van der Waals surface area contributed by atoms with Crippen LogP contribution in [-0.4, -0.2) is 26.2 Å². The molecular formula is C26H24BrFN2OS2. The van der Waals surface area contributed by atoms with Crippen LogP contribution in [0, 0.1) is 11.7 Å². The average molecular weight is 544 g/mol. The quantitative estimate of drug-likeness (QED) is 0.240. The lowest BCUT2D eigenvalue weighted by atomic mass is 10.0. The van der Waals surface area contributed by atoms with Crippen LogP contribution in [-0.2, 0) is 11.3 Å². The SMILES string of the molecule is O=C1/C(=C/c2cn(Cc3ccccc3F)c3ccc(Br)cc23)SC(=S)N1CCC1CCCC1. The number of amides is 1. The minimum absolute atomic E-state index is 0.00648. The molecule has 5 rings (SSSR count). The fourth-order valence-electron chi connectivity index (χ4n) is 4.80. The van der Waals surface area contributed by atoms with Crippen LogP contribution in [0.15, 0.2) is 58.0 Å². The molecule has 0 unspecified atom stereocenters. The van der Waals surface area contributed by atoms with Crippen LogP contribution in [0.5, 0.6) is 0 Å². The van der Waals surface area contributed by atoms with Gasteiger partial charge in [-0.3, -0.25) is 9.69 Å². The summed E-state index contributed by atoms with van der Waals surface area (Å²) >= 11 is 10.5. The number of hydrogen-bond acceptors (Lipinski definition) is 3. The topological polar surface area (TPSA) is 25.2 Å². The Morgan fingerprint density at radius 3 is 2.76 bits per heavy atom. The van der Waals surface area contributed by atoms with Gasteiger partial charge in [-0.05, 0) is 42.7 Å². The van der Waals surface area contributed by atoms with Crippen LogP contribution >= 0.6 is 39.9 Å². The zero-order chi connectivity index (χ0) is 22.9. The van der Waals surface area contributed by atoms with Crippen LogP contribution in [0.1, 0.15) is 43.2 Å². The van der Waals surface area contributed by atoms with Crippen molar-refractivity contribution in [3.8, 4) is 0 Å². The Morgan fingerprint density at radius 2 is 1.97 bits per heavy atom. The highest BCUT2D eigenvalue weighted by molar-refractivity contribution is 9.10. The van der Waals surface area contributed by atoms with Gasteiger partial charge in [0.2, 0.25) is 0 Å². The summed E-state index contributed by atoms with van der Waals surface area (Å²) in [4.78, 5) is 15.6. The summed E-state index contributed by atoms with van der Waals surface area (Å²) in [7, 11) is 0. The molecule has 0 bridgehead atoms. The Morgan fingerprint density at radius 1 is 1.18 bits per heavy atom. The van der Waals surface area contributed by atoms with Crippen molar-refractivity contribution in [1.82, 2.24) is 9.47 Å². The summed E-state index contributed by atoms with van der Waals surface area (Å²) in [6.07, 6.45) is 10.1. The predicted molar refractivity (Wildman–Crippen MR) is 142 cm³/mol. The van der Waals surface area contributed by atoms with Gasteiger partial charge in [-0.15, -0.1) is 0 Å². The number of fused-ring (bicyclic) bond motifs is 1. The number of carbonyl (C=O) groups is 1. The molecule has 0 radical (unpaired) electrons. The molecule has 3 aromatic rings. The lowest BCUT2D eigenvalue weighted by Crippen LogP contribution is -2.30. The lowest BCUT2D eigenvalue weighted by Gasteiger charge is -2.17. The van der Waals surface area contributed by atoms with Gasteiger partial charge in [-0.2, -0.15) is 0 Å². The maximum Gasteiger partial charge on any atom is 0.266 e. The van der Waals surface area contributed by atoms with Crippen LogP contribution in [0.4, 0.5) is 4.39 Å². The van der Waals surface area contributed by atoms with Gasteiger partial charge >= 0.3 is 0 Å². The highest BCUT2D eigenvalue weighted by Gasteiger charge is 2.32. The molecule has 1 saturated heterocycles. The third-order valence-corrected chi connectivity index (χ3v) is 8.44. The molecule has 0 spiro atoms. The number of thioether (sulfide) groups is 1. The average Bonchev–Trinajstić information content (AvgIpc) is 3.49. The van der Waals surface area contributed by atoms with E-state index in [0.717, 1.165) is 27.4 Å². The Balaban J connectivity index is 1.44. The van der Waals surface area contributed by atoms with E-state index in [9.17, 15) is 9.18 Å². The summed E-state index contributed by atoms with van der Waals surface area (Å²) < 4.78 is 17.9. The van der Waals surface area contributed by atoms with Gasteiger partial charge in [0.1, 0.15) is 10.1 Å². The first kappa shape index (κ1) is 22.8. The van der Waals surface area contributed by atoms with E-state index in [-0.39, 0.29) is 11.7 Å². The molecule has 1 amide bonds. The van der Waals surface area contributed by atoms with Crippen LogP contribution < -0.4 is 0 Å². The Kier molecular flexibility index (Phi) is 6.72. The number of rotatable bonds is 6. The second-order valence-corrected chi connectivity index (χ2v) is 11.3. The van der Waals surface area contributed by atoms with Gasteiger partial charge < -0.3 is 4.57 Å². The third kappa shape index (κ3) is 4.81. The molecule has 2 fully saturated rings. The van der Waals surface area contributed by atoms with E-state index in [1.807, 2.05) is 41.1 Å². The smallest absolute Gasteiger partial charge is 0.266 e. The van der Waals surface area contributed by atoms with Gasteiger partial charge in [-0.25, -0.2) is 4.39 Å². The Hall–Kier alpha value is -1.96. The van der Waals surface area contributed by atoms with Crippen molar-refractivity contribution >= 4 is 67.1 Å². The van der Waals surface area contributed by atoms with E-state index < -0.39 is 0 Å². The molecule has 2 aliphatic rings. The van der Waals surface area contributed by atoms with Crippen molar-refractivity contribution in [3.63, 3.8) is 0 Å². The largest absolute Gasteiger partial charge is 0.342 e. The van der Waals surface area contributed by atoms with Crippen molar-refractivity contribution < 1.29 is 9.18 Å². The standard InChI is InChI=1S/C26H24BrFN2OS2/c27-20-9-10-23-21(14-20)19(16-29(23)15-18-7-3-4-8-22(18)28)13-24-25(31)30(26(32)33-24)12-11-17-5-1-2-6-17/h3-4,7-10,13-14,16-17H,1-2,5-6,11-12,15H2/b24-13-. The Labute approximate surface area is 211 Å². The van der Waals surface area contributed by atoms with Gasteiger partial charge in [0.05, 0.1) is 11.4 Å². The van der Waals surface area contributed by atoms with Gasteiger partial charge in [0, 0.05) is 39.2 Å². The minimum Gasteiger partial charge on any atom is -0.342 e. The number of benzene rings is 2. The molecule has 1 aromatic heterocycles. The molecule has 7 heteroatoms. The van der Waals surface area contributed by atoms with E-state index in [1.165, 1.54) is 43.5 Å². The fourth-order valence-corrected chi connectivity index (χ4v) is 6.46. The van der Waals surface area contributed by atoms with Crippen LogP contribution in [0.2, 0.25) is 0 Å². The fraction of sp³-hybridized carbons (Fsp3) is 0.308. The number of aromatic nitrogens is 1. The molecule has 1 aliphatic heterocycles. The molecule has 33 heavy (non-hydrogen) atoms. The highest BCUT2D eigenvalue weighted by Crippen LogP contribution is 2.36. The molecule has 0 atom stereocenters. The molecule has 1 saturated carbocycles. The van der Waals surface area contributed by atoms with E-state index >= 15 is 0 Å². The first-order chi connectivity index (χ1) is 16.0. The van der Waals surface area contributed by atoms with Crippen molar-refractivity contribution in [2.75, 3.05) is 6.54 Å². The summed E-state index contributed by atoms with van der Waals surface area (Å²) in [5.74, 6) is 0.487. The molecule has 3 nitrogen and oxygen atoms in total. The predicted octanol–water partition coefficient (Wildman–Crippen LogP) is 7.37. The second-order valence-electron chi connectivity index (χ2n) is 8.74. The van der Waals surface area contributed by atoms with Crippen molar-refractivity contribution in [2.24, 2.45) is 5.92 Å². The highest BCUT2D eigenvalue weighted by atomic mass is 79.9. The maximum absolute atomic E-state index is 14.3. The molecule has 1 aliphatic carbocycles. The first-order valence-corrected chi connectivity index (χ1v) is 13.3. The van der Waals surface area contributed by atoms with Gasteiger partial charge in [0.25, 0.3) is 5.91 Å². The summed E-state index contributed by atoms with van der Waals surface area (Å²) in [6, 6.07) is 12.9. The Bertz CT molecular complexity index is 1260. The second kappa shape index (κ2) is 9.72. The van der Waals surface area contributed by atoms with Crippen LogP contribution in [0.3, 0.4) is 0 Å². The minimum atomic E-state index is -0.221. The monoisotopic (exact) mass is 542 g/mol. The summed E-state index contributed by atoms with van der Waals surface area (Å²) in [6.45, 7) is 1.12. The van der Waals surface area contributed by atoms with Crippen LogP contribution in [0.25, 0.3) is 17.0 Å². The zero-order valence-corrected chi connectivity index (χ0v) is 21.3. The van der Waals surface area contributed by atoms with Crippen molar-refractivity contribution in [2.45, 2.75) is 38.6 Å². The molecule has 0 N–H and O–H groups in total. The molecule has 2 aromatic carbocycles. The molecule has 2 heterocycles. The lowest BCUT2D eigenvalue weighted by molar-refractivity contribution is -0.122. The number of halogens is 2. The first-order valence-electron chi connectivity index (χ1n) is 11.3. The van der Waals surface area contributed by atoms with E-state index in [4.69, 9.17) is 12.2 Å². The van der Waals surface area contributed by atoms with Crippen molar-refractivity contribution in [3.05, 3.63) is 75.0 Å². The van der Waals surface area contributed by atoms with Crippen molar-refractivity contribution in [1.29, 1.82) is 0 Å². The number of thiocarbonyl (C=S) groups is 1. The van der Waals surface area contributed by atoms with E-state index in [2.05, 4.69) is 15.9 Å². The molecular weight excluding hydrogens is 519 g/mol. The van der Waals surface area contributed by atoms with E-state index in [0.29, 0.717) is 33.8 Å². The number of hydrogen-bond donors (Lipinski definition) is 0. The molecule has 170 valence electrons. The summed E-state index contributed by atoms with van der Waals surface area (Å²) in [5, 5.41) is 1.01. The summed E-state index contributed by atoms with van der Waals surface area (Å²) in [5.41, 5.74) is 2.55. The van der Waals surface area contributed by atoms with Gasteiger partial charge in [0.15, 0.2) is 0 Å². The van der Waals surface area contributed by atoms with Gasteiger partial charge in [-0.1, -0.05) is 83.8 Å². The number of nitrogens with zero attached hydrogens (tertiary/aromatic N) is 2. The maximum atomic E-state index is 14.3. The number of carbonyl (C=O) groups excluding carboxylic acids is 1. The zero-order valence-electron chi connectivity index (χ0n) is 18.1.